The molecule has 0 saturated heterocycles. The van der Waals surface area contributed by atoms with Gasteiger partial charge >= 0.3 is 0 Å². The van der Waals surface area contributed by atoms with Gasteiger partial charge in [-0.1, -0.05) is 24.3 Å². The van der Waals surface area contributed by atoms with Gasteiger partial charge in [0.25, 0.3) is 0 Å². The largest absolute Gasteiger partial charge is 0.326 e. The Balaban J connectivity index is 1.95. The molecule has 0 atom stereocenters. The van der Waals surface area contributed by atoms with Crippen LogP contribution < -0.4 is 5.73 Å². The maximum Gasteiger partial charge on any atom is 0.0236 e. The monoisotopic (exact) mass is 232 g/mol. The van der Waals surface area contributed by atoms with Crippen molar-refractivity contribution in [3.63, 3.8) is 0 Å². The van der Waals surface area contributed by atoms with E-state index < -0.39 is 0 Å². The van der Waals surface area contributed by atoms with Crippen LogP contribution in [0.3, 0.4) is 0 Å². The van der Waals surface area contributed by atoms with Gasteiger partial charge in [0.05, 0.1) is 0 Å². The normalized spacial score (nSPS) is 15.8. The minimum atomic E-state index is 0.629. The first-order valence-corrected chi connectivity index (χ1v) is 6.71. The third kappa shape index (κ3) is 3.83. The van der Waals surface area contributed by atoms with Crippen LogP contribution in [0.25, 0.3) is 0 Å². The average molecular weight is 232 g/mol. The number of rotatable bonds is 6. The zero-order valence-corrected chi connectivity index (χ0v) is 11.0. The molecule has 2 rings (SSSR count). The van der Waals surface area contributed by atoms with Crippen molar-refractivity contribution in [2.75, 3.05) is 6.54 Å². The highest BCUT2D eigenvalue weighted by atomic mass is 15.1. The first-order chi connectivity index (χ1) is 8.19. The molecule has 17 heavy (non-hydrogen) atoms. The van der Waals surface area contributed by atoms with Crippen molar-refractivity contribution in [1.29, 1.82) is 0 Å². The molecule has 94 valence electrons. The number of nitrogens with zero attached hydrogens (tertiary/aromatic N) is 1. The highest BCUT2D eigenvalue weighted by Crippen LogP contribution is 2.30. The van der Waals surface area contributed by atoms with Crippen LogP contribution in [0.4, 0.5) is 0 Å². The molecule has 1 aliphatic rings. The average Bonchev–Trinajstić information content (AvgIpc) is 3.13. The Bertz CT molecular complexity index is 338. The van der Waals surface area contributed by atoms with E-state index in [-0.39, 0.29) is 0 Å². The zero-order valence-electron chi connectivity index (χ0n) is 11.0. The van der Waals surface area contributed by atoms with Gasteiger partial charge in [0.1, 0.15) is 0 Å². The van der Waals surface area contributed by atoms with E-state index >= 15 is 0 Å². The summed E-state index contributed by atoms with van der Waals surface area (Å²) in [5.41, 5.74) is 8.23. The molecule has 0 bridgehead atoms. The van der Waals surface area contributed by atoms with Crippen molar-refractivity contribution in [2.24, 2.45) is 11.7 Å². The quantitative estimate of drug-likeness (QED) is 0.817. The first-order valence-electron chi connectivity index (χ1n) is 6.71. The maximum absolute atomic E-state index is 5.61. The Labute approximate surface area is 105 Å². The third-order valence-electron chi connectivity index (χ3n) is 3.56. The van der Waals surface area contributed by atoms with Gasteiger partial charge in [-0.05, 0) is 43.7 Å². The second-order valence-electron chi connectivity index (χ2n) is 5.49. The van der Waals surface area contributed by atoms with Crippen LogP contribution in [0.5, 0.6) is 0 Å². The number of benzene rings is 1. The summed E-state index contributed by atoms with van der Waals surface area (Å²) in [7, 11) is 0. The van der Waals surface area contributed by atoms with Gasteiger partial charge in [0.15, 0.2) is 0 Å². The minimum absolute atomic E-state index is 0.629. The molecule has 0 amide bonds. The van der Waals surface area contributed by atoms with E-state index in [1.807, 2.05) is 0 Å². The molecule has 0 unspecified atom stereocenters. The summed E-state index contributed by atoms with van der Waals surface area (Å²) in [4.78, 5) is 2.58. The van der Waals surface area contributed by atoms with E-state index in [1.54, 1.807) is 0 Å². The van der Waals surface area contributed by atoms with Crippen molar-refractivity contribution in [3.05, 3.63) is 35.4 Å². The second kappa shape index (κ2) is 5.65. The fourth-order valence-electron chi connectivity index (χ4n) is 2.11. The molecular formula is C15H24N2. The molecule has 0 aromatic heterocycles. The highest BCUT2D eigenvalue weighted by molar-refractivity contribution is 5.22. The number of hydrogen-bond donors (Lipinski definition) is 1. The molecule has 0 spiro atoms. The lowest BCUT2D eigenvalue weighted by Crippen LogP contribution is -2.32. The summed E-state index contributed by atoms with van der Waals surface area (Å²) in [6.45, 7) is 7.54. The minimum Gasteiger partial charge on any atom is -0.326 e. The molecule has 1 aliphatic carbocycles. The highest BCUT2D eigenvalue weighted by Gasteiger charge is 2.25. The van der Waals surface area contributed by atoms with Crippen molar-refractivity contribution in [2.45, 2.75) is 45.8 Å². The molecule has 1 saturated carbocycles. The van der Waals surface area contributed by atoms with E-state index in [4.69, 9.17) is 5.73 Å². The lowest BCUT2D eigenvalue weighted by Gasteiger charge is -2.26. The van der Waals surface area contributed by atoms with Crippen LogP contribution in [0.2, 0.25) is 0 Å². The fraction of sp³-hybridized carbons (Fsp3) is 0.600. The molecule has 2 N–H and O–H groups in total. The SMILES string of the molecule is CC(C)N(Cc1ccc(CN)cc1)CC1CC1. The summed E-state index contributed by atoms with van der Waals surface area (Å²) in [6.07, 6.45) is 2.85. The molecule has 2 heteroatoms. The van der Waals surface area contributed by atoms with E-state index in [9.17, 15) is 0 Å². The molecule has 2 nitrogen and oxygen atoms in total. The summed E-state index contributed by atoms with van der Waals surface area (Å²) in [5, 5.41) is 0. The summed E-state index contributed by atoms with van der Waals surface area (Å²) >= 11 is 0. The molecule has 0 heterocycles. The fourth-order valence-corrected chi connectivity index (χ4v) is 2.11. The van der Waals surface area contributed by atoms with Gasteiger partial charge in [0.2, 0.25) is 0 Å². The van der Waals surface area contributed by atoms with Crippen molar-refractivity contribution in [1.82, 2.24) is 4.90 Å². The lowest BCUT2D eigenvalue weighted by atomic mass is 10.1. The smallest absolute Gasteiger partial charge is 0.0236 e. The Morgan fingerprint density at radius 1 is 1.18 bits per heavy atom. The Morgan fingerprint density at radius 3 is 2.24 bits per heavy atom. The topological polar surface area (TPSA) is 29.3 Å². The number of nitrogens with two attached hydrogens (primary N) is 1. The molecule has 1 aromatic rings. The molecule has 0 aliphatic heterocycles. The van der Waals surface area contributed by atoms with Crippen molar-refractivity contribution < 1.29 is 0 Å². The van der Waals surface area contributed by atoms with E-state index in [0.717, 1.165) is 12.5 Å². The van der Waals surface area contributed by atoms with E-state index in [2.05, 4.69) is 43.0 Å². The Morgan fingerprint density at radius 2 is 1.76 bits per heavy atom. The molecule has 0 radical (unpaired) electrons. The predicted molar refractivity (Wildman–Crippen MR) is 72.6 cm³/mol. The lowest BCUT2D eigenvalue weighted by molar-refractivity contribution is 0.204. The summed E-state index contributed by atoms with van der Waals surface area (Å²) in [5.74, 6) is 0.959. The van der Waals surface area contributed by atoms with Gasteiger partial charge in [-0.15, -0.1) is 0 Å². The van der Waals surface area contributed by atoms with Crippen LogP contribution in [-0.4, -0.2) is 17.5 Å². The number of hydrogen-bond acceptors (Lipinski definition) is 2. The van der Waals surface area contributed by atoms with Crippen molar-refractivity contribution in [3.8, 4) is 0 Å². The van der Waals surface area contributed by atoms with Crippen LogP contribution in [0.1, 0.15) is 37.8 Å². The van der Waals surface area contributed by atoms with Crippen LogP contribution in [0, 0.1) is 5.92 Å². The summed E-state index contributed by atoms with van der Waals surface area (Å²) < 4.78 is 0. The third-order valence-corrected chi connectivity index (χ3v) is 3.56. The van der Waals surface area contributed by atoms with Gasteiger partial charge in [-0.2, -0.15) is 0 Å². The predicted octanol–water partition coefficient (Wildman–Crippen LogP) is 2.77. The Kier molecular flexibility index (Phi) is 4.19. The van der Waals surface area contributed by atoms with Crippen LogP contribution in [0.15, 0.2) is 24.3 Å². The molecule has 1 fully saturated rings. The van der Waals surface area contributed by atoms with E-state index in [1.165, 1.54) is 30.5 Å². The zero-order chi connectivity index (χ0) is 12.3. The van der Waals surface area contributed by atoms with Gasteiger partial charge in [0, 0.05) is 25.7 Å². The first kappa shape index (κ1) is 12.6. The van der Waals surface area contributed by atoms with E-state index in [0.29, 0.717) is 12.6 Å². The second-order valence-corrected chi connectivity index (χ2v) is 5.49. The van der Waals surface area contributed by atoms with Crippen LogP contribution >= 0.6 is 0 Å². The maximum atomic E-state index is 5.61. The van der Waals surface area contributed by atoms with Crippen LogP contribution in [-0.2, 0) is 13.1 Å². The van der Waals surface area contributed by atoms with Gasteiger partial charge in [-0.25, -0.2) is 0 Å². The van der Waals surface area contributed by atoms with Crippen molar-refractivity contribution >= 4 is 0 Å². The Hall–Kier alpha value is -0.860. The molecule has 1 aromatic carbocycles. The molecular weight excluding hydrogens is 208 g/mol. The standard InChI is InChI=1S/C15H24N2/c1-12(2)17(11-15-7-8-15)10-14-5-3-13(9-16)4-6-14/h3-6,12,15H,7-11,16H2,1-2H3. The van der Waals surface area contributed by atoms with Gasteiger partial charge in [-0.3, -0.25) is 4.90 Å². The summed E-state index contributed by atoms with van der Waals surface area (Å²) in [6, 6.07) is 9.34. The van der Waals surface area contributed by atoms with Gasteiger partial charge < -0.3 is 5.73 Å².